The van der Waals surface area contributed by atoms with Crippen molar-refractivity contribution in [1.82, 2.24) is 14.8 Å². The van der Waals surface area contributed by atoms with Crippen molar-refractivity contribution in [3.8, 4) is 11.1 Å². The number of alkyl halides is 2. The van der Waals surface area contributed by atoms with Crippen molar-refractivity contribution in [3.05, 3.63) is 48.0 Å². The van der Waals surface area contributed by atoms with Crippen LogP contribution >= 0.6 is 0 Å². The normalized spacial score (nSPS) is 22.4. The van der Waals surface area contributed by atoms with Crippen molar-refractivity contribution < 1.29 is 35.3 Å². The molecule has 3 aromatic rings. The predicted octanol–water partition coefficient (Wildman–Crippen LogP) is 3.34. The van der Waals surface area contributed by atoms with Gasteiger partial charge in [-0.25, -0.2) is 35.5 Å². The second-order valence-electron chi connectivity index (χ2n) is 8.39. The number of hydrogen-bond donors (Lipinski definition) is 1. The number of piperidine rings is 1. The van der Waals surface area contributed by atoms with Crippen LogP contribution in [0.5, 0.6) is 0 Å². The van der Waals surface area contributed by atoms with Gasteiger partial charge in [0, 0.05) is 18.5 Å². The smallest absolute Gasteiger partial charge is 0.326 e. The summed E-state index contributed by atoms with van der Waals surface area (Å²) in [6.45, 7) is -0.736. The predicted molar refractivity (Wildman–Crippen MR) is 114 cm³/mol. The minimum Gasteiger partial charge on any atom is -0.354 e. The maximum Gasteiger partial charge on any atom is 0.326 e. The van der Waals surface area contributed by atoms with Crippen LogP contribution in [0.3, 0.4) is 0 Å². The molecular weight excluding hydrogens is 480 g/mol. The standard InChI is InChI=1S/C21H18F4N4O4S/c1-34(31,32)27-16-10-28-11(8-21(16,24)25)9-29(20(28)30)19-18-12(4-2-7-15(18)33-26-19)17-13(22)5-3-6-14(17)23/h2-7,11,16,27H,8-10H2,1H3/t11-,16+/m0/s1. The van der Waals surface area contributed by atoms with E-state index in [1.54, 1.807) is 0 Å². The van der Waals surface area contributed by atoms with Crippen molar-refractivity contribution in [3.63, 3.8) is 0 Å². The summed E-state index contributed by atoms with van der Waals surface area (Å²) < 4.78 is 88.7. The van der Waals surface area contributed by atoms with E-state index in [0.717, 1.165) is 28.2 Å². The molecule has 2 aliphatic rings. The minimum atomic E-state index is -3.95. The van der Waals surface area contributed by atoms with Gasteiger partial charge in [0.25, 0.3) is 5.92 Å². The molecule has 5 rings (SSSR count). The fraction of sp³-hybridized carbons (Fsp3) is 0.333. The summed E-state index contributed by atoms with van der Waals surface area (Å²) in [7, 11) is -3.95. The summed E-state index contributed by atoms with van der Waals surface area (Å²) in [6.07, 6.45) is -0.00874. The molecule has 1 aromatic heterocycles. The molecule has 2 atom stereocenters. The van der Waals surface area contributed by atoms with Crippen LogP contribution in [0.15, 0.2) is 40.9 Å². The molecule has 0 bridgehead atoms. The number of rotatable bonds is 4. The molecule has 2 saturated heterocycles. The summed E-state index contributed by atoms with van der Waals surface area (Å²) in [5.74, 6) is -5.13. The Morgan fingerprint density at radius 2 is 1.79 bits per heavy atom. The number of hydrogen-bond acceptors (Lipinski definition) is 5. The molecule has 2 fully saturated rings. The zero-order valence-electron chi connectivity index (χ0n) is 17.6. The van der Waals surface area contributed by atoms with Gasteiger partial charge in [0.05, 0.1) is 29.8 Å². The SMILES string of the molecule is CS(=O)(=O)N[C@@H]1CN2C(=O)N(c3noc4cccc(-c5c(F)cccc5F)c34)C[C@@H]2CC1(F)F. The highest BCUT2D eigenvalue weighted by molar-refractivity contribution is 7.88. The lowest BCUT2D eigenvalue weighted by molar-refractivity contribution is -0.0813. The Balaban J connectivity index is 1.56. The van der Waals surface area contributed by atoms with Gasteiger partial charge >= 0.3 is 6.03 Å². The van der Waals surface area contributed by atoms with Gasteiger partial charge in [-0.1, -0.05) is 23.4 Å². The van der Waals surface area contributed by atoms with E-state index >= 15 is 0 Å². The maximum absolute atomic E-state index is 14.7. The van der Waals surface area contributed by atoms with Crippen LogP contribution in [0.2, 0.25) is 0 Å². The number of benzene rings is 2. The summed E-state index contributed by atoms with van der Waals surface area (Å²) in [5.41, 5.74) is -0.107. The number of fused-ring (bicyclic) bond motifs is 2. The lowest BCUT2D eigenvalue weighted by Crippen LogP contribution is -2.61. The number of anilines is 1. The molecule has 2 aliphatic heterocycles. The van der Waals surface area contributed by atoms with Crippen LogP contribution in [0, 0.1) is 11.6 Å². The fourth-order valence-corrected chi connectivity index (χ4v) is 5.33. The molecule has 1 N–H and O–H groups in total. The average molecular weight is 498 g/mol. The lowest BCUT2D eigenvalue weighted by Gasteiger charge is -2.39. The molecule has 180 valence electrons. The molecular formula is C21H18F4N4O4S. The van der Waals surface area contributed by atoms with Crippen molar-refractivity contribution >= 4 is 32.8 Å². The van der Waals surface area contributed by atoms with Crippen molar-refractivity contribution in [2.45, 2.75) is 24.4 Å². The number of nitrogens with one attached hydrogen (secondary N) is 1. The number of sulfonamides is 1. The molecule has 0 aliphatic carbocycles. The van der Waals surface area contributed by atoms with Crippen LogP contribution in [0.1, 0.15) is 6.42 Å². The maximum atomic E-state index is 14.7. The first kappa shape index (κ1) is 22.6. The minimum absolute atomic E-state index is 0.0661. The largest absolute Gasteiger partial charge is 0.354 e. The third-order valence-corrected chi connectivity index (χ3v) is 6.74. The van der Waals surface area contributed by atoms with Crippen molar-refractivity contribution in [1.29, 1.82) is 0 Å². The van der Waals surface area contributed by atoms with Gasteiger partial charge < -0.3 is 9.42 Å². The molecule has 0 spiro atoms. The number of urea groups is 1. The third kappa shape index (κ3) is 3.68. The topological polar surface area (TPSA) is 95.8 Å². The van der Waals surface area contributed by atoms with Gasteiger partial charge in [0.15, 0.2) is 11.4 Å². The molecule has 2 aromatic carbocycles. The molecule has 0 radical (unpaired) electrons. The third-order valence-electron chi connectivity index (χ3n) is 6.03. The van der Waals surface area contributed by atoms with Crippen molar-refractivity contribution in [2.24, 2.45) is 0 Å². The first-order valence-corrected chi connectivity index (χ1v) is 12.1. The van der Waals surface area contributed by atoms with E-state index in [1.807, 2.05) is 4.72 Å². The Kier molecular flexibility index (Phi) is 5.09. The van der Waals surface area contributed by atoms with Crippen molar-refractivity contribution in [2.75, 3.05) is 24.2 Å². The van der Waals surface area contributed by atoms with Gasteiger partial charge in [0.2, 0.25) is 10.0 Å². The van der Waals surface area contributed by atoms with Crippen LogP contribution in [-0.2, 0) is 10.0 Å². The van der Waals surface area contributed by atoms with Crippen LogP contribution in [0.4, 0.5) is 28.2 Å². The molecule has 0 unspecified atom stereocenters. The summed E-state index contributed by atoms with van der Waals surface area (Å²) in [4.78, 5) is 15.4. The monoisotopic (exact) mass is 498 g/mol. The number of aromatic nitrogens is 1. The second kappa shape index (κ2) is 7.67. The summed E-state index contributed by atoms with van der Waals surface area (Å²) >= 11 is 0. The Morgan fingerprint density at radius 3 is 2.47 bits per heavy atom. The van der Waals surface area contributed by atoms with E-state index in [0.29, 0.717) is 0 Å². The number of carbonyl (C=O) groups excluding carboxylic acids is 1. The number of amides is 2. The zero-order valence-corrected chi connectivity index (χ0v) is 18.5. The first-order chi connectivity index (χ1) is 16.0. The highest BCUT2D eigenvalue weighted by atomic mass is 32.2. The molecule has 34 heavy (non-hydrogen) atoms. The van der Waals surface area contributed by atoms with E-state index in [2.05, 4.69) is 5.16 Å². The van der Waals surface area contributed by atoms with E-state index in [1.165, 1.54) is 24.3 Å². The Hall–Kier alpha value is -3.19. The van der Waals surface area contributed by atoms with E-state index in [9.17, 15) is 30.8 Å². The number of nitrogens with zero attached hydrogens (tertiary/aromatic N) is 3. The van der Waals surface area contributed by atoms with Gasteiger partial charge in [-0.2, -0.15) is 0 Å². The Morgan fingerprint density at radius 1 is 1.12 bits per heavy atom. The van der Waals surface area contributed by atoms with Gasteiger partial charge in [-0.3, -0.25) is 4.90 Å². The van der Waals surface area contributed by atoms with Crippen LogP contribution in [0.25, 0.3) is 22.1 Å². The zero-order chi connectivity index (χ0) is 24.4. The van der Waals surface area contributed by atoms with E-state index in [-0.39, 0.29) is 34.5 Å². The van der Waals surface area contributed by atoms with E-state index < -0.39 is 58.7 Å². The van der Waals surface area contributed by atoms with Crippen LogP contribution in [-0.4, -0.2) is 61.9 Å². The molecule has 0 saturated carbocycles. The number of carbonyl (C=O) groups is 1. The quantitative estimate of drug-likeness (QED) is 0.557. The van der Waals surface area contributed by atoms with Gasteiger partial charge in [-0.15, -0.1) is 0 Å². The first-order valence-electron chi connectivity index (χ1n) is 10.2. The fourth-order valence-electron chi connectivity index (χ4n) is 4.57. The Bertz CT molecular complexity index is 1390. The molecule has 8 nitrogen and oxygen atoms in total. The molecule has 2 amide bonds. The number of halogens is 4. The van der Waals surface area contributed by atoms with Gasteiger partial charge in [-0.05, 0) is 18.2 Å². The van der Waals surface area contributed by atoms with Crippen LogP contribution < -0.4 is 9.62 Å². The molecule has 13 heteroatoms. The second-order valence-corrected chi connectivity index (χ2v) is 10.2. The lowest BCUT2D eigenvalue weighted by atomic mass is 9.96. The van der Waals surface area contributed by atoms with Gasteiger partial charge in [0.1, 0.15) is 17.7 Å². The Labute approximate surface area is 191 Å². The highest BCUT2D eigenvalue weighted by Gasteiger charge is 2.55. The highest BCUT2D eigenvalue weighted by Crippen LogP contribution is 2.42. The summed E-state index contributed by atoms with van der Waals surface area (Å²) in [5, 5.41) is 4.06. The molecule has 3 heterocycles. The van der Waals surface area contributed by atoms with E-state index in [4.69, 9.17) is 4.52 Å². The summed E-state index contributed by atoms with van der Waals surface area (Å²) in [6, 6.07) is 4.43. The average Bonchev–Trinajstić information content (AvgIpc) is 3.28.